The van der Waals surface area contributed by atoms with Gasteiger partial charge in [0.1, 0.15) is 12.7 Å². The van der Waals surface area contributed by atoms with Gasteiger partial charge in [0.25, 0.3) is 0 Å². The van der Waals surface area contributed by atoms with E-state index >= 15 is 0 Å². The van der Waals surface area contributed by atoms with Gasteiger partial charge >= 0.3 is 5.97 Å². The molecule has 8 nitrogen and oxygen atoms in total. The Labute approximate surface area is 236 Å². The fraction of sp³-hybridized carbons (Fsp3) is 0.581. The average molecular weight is 567 g/mol. The molecule has 2 heterocycles. The lowest BCUT2D eigenvalue weighted by Crippen LogP contribution is -2.69. The van der Waals surface area contributed by atoms with Gasteiger partial charge in [0, 0.05) is 37.7 Å². The molecule has 2 aromatic carbocycles. The van der Waals surface area contributed by atoms with E-state index < -0.39 is 16.0 Å². The van der Waals surface area contributed by atoms with Gasteiger partial charge in [0.2, 0.25) is 10.0 Å². The number of hydrogen-bond donors (Lipinski definition) is 0. The molecule has 40 heavy (non-hydrogen) atoms. The van der Waals surface area contributed by atoms with Crippen LogP contribution in [-0.4, -0.2) is 75.6 Å². The van der Waals surface area contributed by atoms with Crippen molar-refractivity contribution in [3.8, 4) is 11.5 Å². The average Bonchev–Trinajstić information content (AvgIpc) is 3.68. The Morgan fingerprint density at radius 2 is 1.93 bits per heavy atom. The van der Waals surface area contributed by atoms with Gasteiger partial charge in [-0.1, -0.05) is 36.4 Å². The lowest BCUT2D eigenvalue weighted by molar-refractivity contribution is -0.138. The number of carbonyl (C=O) groups is 1. The second-order valence-corrected chi connectivity index (χ2v) is 14.4. The van der Waals surface area contributed by atoms with Crippen molar-refractivity contribution in [1.82, 2.24) is 9.21 Å². The number of likely N-dealkylation sites (tertiary alicyclic amines) is 1. The quantitative estimate of drug-likeness (QED) is 0.339. The number of likely N-dealkylation sites (N-methyl/N-ethyl adjacent to an activating group) is 1. The molecule has 0 N–H and O–H groups in total. The van der Waals surface area contributed by atoms with E-state index in [9.17, 15) is 13.2 Å². The molecule has 0 radical (unpaired) electrons. The zero-order valence-corrected chi connectivity index (χ0v) is 24.1. The van der Waals surface area contributed by atoms with Gasteiger partial charge in [-0.25, -0.2) is 13.2 Å². The number of piperidine rings is 1. The topological polar surface area (TPSA) is 85.4 Å². The first kappa shape index (κ1) is 26.4. The van der Waals surface area contributed by atoms with E-state index in [1.807, 2.05) is 36.4 Å². The summed E-state index contributed by atoms with van der Waals surface area (Å²) in [5.74, 6) is 1.72. The molecule has 2 bridgehead atoms. The largest absolute Gasteiger partial charge is 0.484 e. The second kappa shape index (κ2) is 9.82. The van der Waals surface area contributed by atoms with E-state index in [-0.39, 0.29) is 29.9 Å². The molecule has 0 aromatic heterocycles. The Morgan fingerprint density at radius 3 is 2.67 bits per heavy atom. The number of sulfonamides is 1. The molecule has 1 spiro atoms. The van der Waals surface area contributed by atoms with Crippen molar-refractivity contribution in [1.29, 1.82) is 0 Å². The van der Waals surface area contributed by atoms with Crippen molar-refractivity contribution < 1.29 is 27.4 Å². The van der Waals surface area contributed by atoms with Crippen LogP contribution in [0.4, 0.5) is 0 Å². The van der Waals surface area contributed by atoms with Crippen molar-refractivity contribution in [3.63, 3.8) is 0 Å². The Morgan fingerprint density at radius 1 is 1.12 bits per heavy atom. The monoisotopic (exact) mass is 566 g/mol. The van der Waals surface area contributed by atoms with Crippen LogP contribution in [0, 0.1) is 11.8 Å². The summed E-state index contributed by atoms with van der Waals surface area (Å²) in [6, 6.07) is 13.4. The number of esters is 1. The first-order valence-electron chi connectivity index (χ1n) is 14.6. The van der Waals surface area contributed by atoms with Crippen LogP contribution in [0.3, 0.4) is 0 Å². The first-order valence-corrected chi connectivity index (χ1v) is 16.2. The highest BCUT2D eigenvalue weighted by atomic mass is 32.2. The minimum atomic E-state index is -3.59. The highest BCUT2D eigenvalue weighted by Gasteiger charge is 2.67. The van der Waals surface area contributed by atoms with Gasteiger partial charge in [-0.2, -0.15) is 4.31 Å². The van der Waals surface area contributed by atoms with Crippen LogP contribution in [0.1, 0.15) is 48.8 Å². The molecule has 3 aliphatic carbocycles. The molecule has 5 atom stereocenters. The fourth-order valence-electron chi connectivity index (χ4n) is 8.26. The summed E-state index contributed by atoms with van der Waals surface area (Å²) in [5.41, 5.74) is 2.89. The van der Waals surface area contributed by atoms with E-state index in [0.29, 0.717) is 23.5 Å². The molecule has 7 rings (SSSR count). The summed E-state index contributed by atoms with van der Waals surface area (Å²) in [6.07, 6.45) is 5.90. The van der Waals surface area contributed by atoms with Crippen LogP contribution >= 0.6 is 0 Å². The van der Waals surface area contributed by atoms with Crippen molar-refractivity contribution in [2.75, 3.05) is 33.9 Å². The van der Waals surface area contributed by atoms with E-state index in [2.05, 4.69) is 11.0 Å². The molecular formula is C31H38N2O6S. The number of ether oxygens (including phenoxy) is 3. The fourth-order valence-corrected chi connectivity index (χ4v) is 9.71. The van der Waals surface area contributed by atoms with Crippen molar-refractivity contribution in [2.45, 2.75) is 67.9 Å². The van der Waals surface area contributed by atoms with Gasteiger partial charge in [0.05, 0.1) is 11.8 Å². The standard InChI is InChI=1S/C31H38N2O6S/c1-32(40(35,36)19-21-6-4-3-5-7-21)24-12-11-23-25-16-22-10-13-26(38-27(34)18-37-2)29-28(22)31(23,30(24)39-29)14-15-33(25)17-20-8-9-20/h3-7,10,13,20,23-25,30H,8-9,11-12,14-19H2,1-2H3/t23-,24?,25+,30?,31-/m0/s1. The molecule has 2 aromatic rings. The zero-order valence-electron chi connectivity index (χ0n) is 23.3. The third kappa shape index (κ3) is 4.19. The Bertz CT molecular complexity index is 1410. The minimum absolute atomic E-state index is 0.0418. The van der Waals surface area contributed by atoms with Crippen LogP contribution in [-0.2, 0) is 37.1 Å². The number of rotatable bonds is 9. The maximum atomic E-state index is 13.7. The number of carbonyl (C=O) groups excluding carboxylic acids is 1. The highest BCUT2D eigenvalue weighted by Crippen LogP contribution is 2.64. The lowest BCUT2D eigenvalue weighted by Gasteiger charge is -2.60. The summed E-state index contributed by atoms with van der Waals surface area (Å²) in [6.45, 7) is 2.00. The predicted octanol–water partition coefficient (Wildman–Crippen LogP) is 3.52. The van der Waals surface area contributed by atoms with Gasteiger partial charge in [-0.05, 0) is 74.1 Å². The van der Waals surface area contributed by atoms with Crippen molar-refractivity contribution in [2.24, 2.45) is 11.8 Å². The molecule has 0 amide bonds. The smallest absolute Gasteiger partial charge is 0.337 e. The van der Waals surface area contributed by atoms with Crippen LogP contribution in [0.15, 0.2) is 42.5 Å². The van der Waals surface area contributed by atoms with E-state index in [0.717, 1.165) is 55.8 Å². The summed E-state index contributed by atoms with van der Waals surface area (Å²) in [7, 11) is -0.410. The van der Waals surface area contributed by atoms with Crippen LogP contribution in [0.2, 0.25) is 0 Å². The SMILES string of the molecule is COCC(=O)Oc1ccc2c3c1OC1C(N(C)S(=O)(=O)Cc4ccccc4)CC[C@H]4[C@@H](C2)N(CC2CC2)CC[C@]314. The van der Waals surface area contributed by atoms with Crippen LogP contribution in [0.25, 0.3) is 0 Å². The Hall–Kier alpha value is -2.46. The van der Waals surface area contributed by atoms with Crippen molar-refractivity contribution in [3.05, 3.63) is 59.2 Å². The number of benzene rings is 2. The van der Waals surface area contributed by atoms with Gasteiger partial charge in [-0.3, -0.25) is 4.90 Å². The molecule has 3 fully saturated rings. The molecule has 2 aliphatic heterocycles. The third-order valence-corrected chi connectivity index (χ3v) is 12.0. The molecule has 2 saturated carbocycles. The van der Waals surface area contributed by atoms with Crippen LogP contribution in [0.5, 0.6) is 11.5 Å². The third-order valence-electron chi connectivity index (χ3n) is 10.2. The van der Waals surface area contributed by atoms with Crippen molar-refractivity contribution >= 4 is 16.0 Å². The maximum Gasteiger partial charge on any atom is 0.337 e. The molecule has 9 heteroatoms. The number of nitrogens with zero attached hydrogens (tertiary/aromatic N) is 2. The summed E-state index contributed by atoms with van der Waals surface area (Å²) < 4.78 is 46.7. The molecule has 2 unspecified atom stereocenters. The first-order chi connectivity index (χ1) is 19.3. The van der Waals surface area contributed by atoms with Gasteiger partial charge < -0.3 is 14.2 Å². The molecule has 1 saturated heterocycles. The van der Waals surface area contributed by atoms with E-state index in [1.165, 1.54) is 25.5 Å². The number of methoxy groups -OCH3 is 1. The van der Waals surface area contributed by atoms with E-state index in [4.69, 9.17) is 14.2 Å². The Kier molecular flexibility index (Phi) is 6.49. The minimum Gasteiger partial charge on any atom is -0.484 e. The highest BCUT2D eigenvalue weighted by molar-refractivity contribution is 7.88. The Balaban J connectivity index is 1.28. The lowest BCUT2D eigenvalue weighted by atomic mass is 9.51. The molecular weight excluding hydrogens is 528 g/mol. The molecule has 5 aliphatic rings. The summed E-state index contributed by atoms with van der Waals surface area (Å²) in [5, 5.41) is 0. The van der Waals surface area contributed by atoms with Gasteiger partial charge in [-0.15, -0.1) is 0 Å². The summed E-state index contributed by atoms with van der Waals surface area (Å²) in [4.78, 5) is 15.2. The number of hydrogen-bond acceptors (Lipinski definition) is 7. The van der Waals surface area contributed by atoms with Crippen LogP contribution < -0.4 is 9.47 Å². The normalized spacial score (nSPS) is 30.6. The summed E-state index contributed by atoms with van der Waals surface area (Å²) >= 11 is 0. The molecule has 214 valence electrons. The second-order valence-electron chi connectivity index (χ2n) is 12.4. The maximum absolute atomic E-state index is 13.7. The predicted molar refractivity (Wildman–Crippen MR) is 150 cm³/mol. The van der Waals surface area contributed by atoms with Gasteiger partial charge in [0.15, 0.2) is 11.5 Å². The zero-order chi connectivity index (χ0) is 27.6. The van der Waals surface area contributed by atoms with E-state index in [1.54, 1.807) is 11.4 Å².